The molecule has 6 aromatic rings. The monoisotopic (exact) mass is 770 g/mol. The van der Waals surface area contributed by atoms with Crippen LogP contribution in [0.25, 0.3) is 16.3 Å². The third-order valence-electron chi connectivity index (χ3n) is 10.5. The summed E-state index contributed by atoms with van der Waals surface area (Å²) in [6, 6.07) is 39.3. The Morgan fingerprint density at radius 1 is 0.603 bits per heavy atom. The predicted octanol–water partition coefficient (Wildman–Crippen LogP) is 14.1. The highest BCUT2D eigenvalue weighted by molar-refractivity contribution is 6.06. The number of aryl methyl sites for hydroxylation is 2. The van der Waals surface area contributed by atoms with Crippen molar-refractivity contribution in [2.24, 2.45) is 20.5 Å². The molecule has 6 aromatic carbocycles. The normalized spacial score (nSPS) is 12.7. The molecule has 0 saturated carbocycles. The molecule has 1 aliphatic carbocycles. The maximum absolute atomic E-state index is 12.5. The Labute approximate surface area is 341 Å². The lowest BCUT2D eigenvalue weighted by Gasteiger charge is -2.20. The van der Waals surface area contributed by atoms with Gasteiger partial charge in [0.05, 0.1) is 30.3 Å². The maximum atomic E-state index is 12.5. The number of benzene rings is 6. The number of ether oxygens (including phenoxy) is 2. The van der Waals surface area contributed by atoms with Gasteiger partial charge in [-0.3, -0.25) is 4.79 Å². The van der Waals surface area contributed by atoms with Crippen LogP contribution in [0.1, 0.15) is 79.2 Å². The van der Waals surface area contributed by atoms with Crippen LogP contribution in [0, 0.1) is 13.8 Å². The molecule has 0 atom stereocenters. The lowest BCUT2D eigenvalue weighted by atomic mass is 9.85. The lowest BCUT2D eigenvalue weighted by Crippen LogP contribution is -2.11. The van der Waals surface area contributed by atoms with Crippen LogP contribution >= 0.6 is 0 Å². The van der Waals surface area contributed by atoms with E-state index in [-0.39, 0.29) is 18.0 Å². The van der Waals surface area contributed by atoms with E-state index in [9.17, 15) is 9.90 Å². The van der Waals surface area contributed by atoms with Gasteiger partial charge >= 0.3 is 0 Å². The van der Waals surface area contributed by atoms with Crippen molar-refractivity contribution in [1.29, 1.82) is 0 Å². The molecule has 0 unspecified atom stereocenters. The standard InChI is InChI=1S/C50H50N4O4/c1-35-18-12-15-23-45(35)52-51-40-25-26-46(36(2)30-40)53-54-50-43-22-14-13-21-38(43)24-27-48(50)58-29-17-8-6-4-3-5-7-16-28-57-42-32-39-31-41(55)33-44(49(39)47(56)34-42)37-19-10-9-11-20-37/h9-15,18-27,30,32-34,56H,3-8,16-17,28-29,31H2,1-2H3/b52-51+,54-53+. The van der Waals surface area contributed by atoms with Crippen LogP contribution in [0.15, 0.2) is 148 Å². The van der Waals surface area contributed by atoms with Crippen LogP contribution in [0.2, 0.25) is 0 Å². The smallest absolute Gasteiger partial charge is 0.160 e. The molecular weight excluding hydrogens is 721 g/mol. The van der Waals surface area contributed by atoms with E-state index in [1.54, 1.807) is 12.1 Å². The number of rotatable bonds is 18. The van der Waals surface area contributed by atoms with Crippen molar-refractivity contribution in [2.75, 3.05) is 13.2 Å². The van der Waals surface area contributed by atoms with E-state index >= 15 is 0 Å². The minimum atomic E-state index is 0.0285. The van der Waals surface area contributed by atoms with Crippen LogP contribution in [-0.4, -0.2) is 24.1 Å². The highest BCUT2D eigenvalue weighted by atomic mass is 16.5. The molecule has 0 radical (unpaired) electrons. The first-order chi connectivity index (χ1) is 28.4. The molecule has 0 fully saturated rings. The molecule has 1 aliphatic rings. The second kappa shape index (κ2) is 19.6. The van der Waals surface area contributed by atoms with Crippen molar-refractivity contribution in [2.45, 2.75) is 71.6 Å². The molecule has 0 saturated heterocycles. The molecule has 294 valence electrons. The largest absolute Gasteiger partial charge is 0.507 e. The number of phenolic OH excluding ortho intramolecular Hbond substituents is 1. The topological polar surface area (TPSA) is 105 Å². The zero-order valence-electron chi connectivity index (χ0n) is 33.4. The Hall–Kier alpha value is -6.41. The van der Waals surface area contributed by atoms with Gasteiger partial charge in [-0.15, -0.1) is 5.11 Å². The number of carbonyl (C=O) groups excluding carboxylic acids is 1. The molecule has 58 heavy (non-hydrogen) atoms. The Bertz CT molecular complexity index is 2450. The zero-order chi connectivity index (χ0) is 40.1. The fourth-order valence-corrected chi connectivity index (χ4v) is 7.30. The van der Waals surface area contributed by atoms with Crippen LogP contribution in [0.5, 0.6) is 17.2 Å². The van der Waals surface area contributed by atoms with E-state index in [1.807, 2.05) is 111 Å². The number of ketones is 1. The minimum absolute atomic E-state index is 0.0285. The number of allylic oxidation sites excluding steroid dienone is 1. The van der Waals surface area contributed by atoms with Gasteiger partial charge in [-0.1, -0.05) is 117 Å². The number of fused-ring (bicyclic) bond motifs is 2. The number of aromatic hydroxyl groups is 1. The summed E-state index contributed by atoms with van der Waals surface area (Å²) in [4.78, 5) is 12.5. The second-order valence-electron chi connectivity index (χ2n) is 14.9. The first kappa shape index (κ1) is 39.8. The third-order valence-corrected chi connectivity index (χ3v) is 10.5. The van der Waals surface area contributed by atoms with Crippen LogP contribution in [0.3, 0.4) is 0 Å². The highest BCUT2D eigenvalue weighted by Crippen LogP contribution is 2.40. The van der Waals surface area contributed by atoms with Gasteiger partial charge in [0, 0.05) is 23.4 Å². The lowest BCUT2D eigenvalue weighted by molar-refractivity contribution is -0.114. The quantitative estimate of drug-likeness (QED) is 0.0694. The van der Waals surface area contributed by atoms with Gasteiger partial charge in [0.1, 0.15) is 22.9 Å². The van der Waals surface area contributed by atoms with Crippen molar-refractivity contribution in [3.8, 4) is 17.2 Å². The van der Waals surface area contributed by atoms with Gasteiger partial charge in [-0.05, 0) is 102 Å². The number of unbranched alkanes of at least 4 members (excludes halogenated alkanes) is 7. The summed E-state index contributed by atoms with van der Waals surface area (Å²) in [5, 5.41) is 31.2. The van der Waals surface area contributed by atoms with E-state index < -0.39 is 0 Å². The van der Waals surface area contributed by atoms with Gasteiger partial charge in [0.2, 0.25) is 0 Å². The first-order valence-corrected chi connectivity index (χ1v) is 20.4. The van der Waals surface area contributed by atoms with Crippen LogP contribution in [-0.2, 0) is 11.2 Å². The van der Waals surface area contributed by atoms with E-state index in [4.69, 9.17) is 14.6 Å². The number of phenols is 1. The average molecular weight is 771 g/mol. The molecule has 0 amide bonds. The van der Waals surface area contributed by atoms with Crippen molar-refractivity contribution in [1.82, 2.24) is 0 Å². The Morgan fingerprint density at radius 3 is 2.05 bits per heavy atom. The van der Waals surface area contributed by atoms with E-state index in [2.05, 4.69) is 33.5 Å². The molecule has 0 aliphatic heterocycles. The van der Waals surface area contributed by atoms with Crippen LogP contribution in [0.4, 0.5) is 22.7 Å². The van der Waals surface area contributed by atoms with E-state index in [0.717, 1.165) is 111 Å². The predicted molar refractivity (Wildman–Crippen MR) is 233 cm³/mol. The first-order valence-electron chi connectivity index (χ1n) is 20.4. The van der Waals surface area contributed by atoms with E-state index in [0.29, 0.717) is 19.0 Å². The molecule has 8 heteroatoms. The summed E-state index contributed by atoms with van der Waals surface area (Å²) in [7, 11) is 0. The second-order valence-corrected chi connectivity index (χ2v) is 14.9. The Balaban J connectivity index is 0.828. The molecule has 7 rings (SSSR count). The Kier molecular flexibility index (Phi) is 13.5. The summed E-state index contributed by atoms with van der Waals surface area (Å²) >= 11 is 0. The van der Waals surface area contributed by atoms with Gasteiger partial charge in [0.15, 0.2) is 5.78 Å². The van der Waals surface area contributed by atoms with Crippen LogP contribution < -0.4 is 9.47 Å². The maximum Gasteiger partial charge on any atom is 0.160 e. The summed E-state index contributed by atoms with van der Waals surface area (Å²) in [6.07, 6.45) is 10.7. The summed E-state index contributed by atoms with van der Waals surface area (Å²) in [5.74, 6) is 1.52. The van der Waals surface area contributed by atoms with Gasteiger partial charge in [-0.2, -0.15) is 15.3 Å². The number of carbonyl (C=O) groups is 1. The molecule has 0 bridgehead atoms. The number of hydrogen-bond donors (Lipinski definition) is 1. The number of nitrogens with zero attached hydrogens (tertiary/aromatic N) is 4. The van der Waals surface area contributed by atoms with Gasteiger partial charge in [0.25, 0.3) is 0 Å². The van der Waals surface area contributed by atoms with Crippen molar-refractivity contribution < 1.29 is 19.4 Å². The molecule has 1 N–H and O–H groups in total. The SMILES string of the molecule is Cc1ccccc1/N=N/c1ccc(/N=N/c2c(OCCCCCCCCCCOc3cc(O)c4c(c3)CC(=O)C=C4c3ccccc3)ccc3ccccc23)c(C)c1. The number of hydrogen-bond acceptors (Lipinski definition) is 8. The van der Waals surface area contributed by atoms with Gasteiger partial charge in [-0.25, -0.2) is 0 Å². The third kappa shape index (κ3) is 10.3. The van der Waals surface area contributed by atoms with Crippen molar-refractivity contribution in [3.63, 3.8) is 0 Å². The van der Waals surface area contributed by atoms with Crippen molar-refractivity contribution in [3.05, 3.63) is 155 Å². The summed E-state index contributed by atoms with van der Waals surface area (Å²) in [5.41, 5.74) is 8.36. The van der Waals surface area contributed by atoms with Crippen molar-refractivity contribution >= 4 is 44.9 Å². The number of azo groups is 2. The highest BCUT2D eigenvalue weighted by Gasteiger charge is 2.23. The summed E-state index contributed by atoms with van der Waals surface area (Å²) in [6.45, 7) is 5.23. The minimum Gasteiger partial charge on any atom is -0.507 e. The average Bonchev–Trinajstić information content (AvgIpc) is 3.23. The summed E-state index contributed by atoms with van der Waals surface area (Å²) < 4.78 is 12.3. The molecule has 0 heterocycles. The molecule has 0 spiro atoms. The van der Waals surface area contributed by atoms with Gasteiger partial charge < -0.3 is 14.6 Å². The zero-order valence-corrected chi connectivity index (χ0v) is 33.4. The molecule has 0 aromatic heterocycles. The fraction of sp³-hybridized carbons (Fsp3) is 0.260. The Morgan fingerprint density at radius 2 is 1.28 bits per heavy atom. The fourth-order valence-electron chi connectivity index (χ4n) is 7.30. The molecule has 8 nitrogen and oxygen atoms in total. The van der Waals surface area contributed by atoms with E-state index in [1.165, 1.54) is 12.8 Å². The molecular formula is C50H50N4O4.